The summed E-state index contributed by atoms with van der Waals surface area (Å²) in [5.74, 6) is 2.63. The highest BCUT2D eigenvalue weighted by molar-refractivity contribution is 5.78. The van der Waals surface area contributed by atoms with Crippen molar-refractivity contribution in [2.75, 3.05) is 58.9 Å². The largest absolute Gasteiger partial charge is 0.355 e. The first-order valence-electron chi connectivity index (χ1n) is 18.4. The number of carbonyl (C=O) groups is 3. The summed E-state index contributed by atoms with van der Waals surface area (Å²) in [5, 5.41) is 8.76. The highest BCUT2D eigenvalue weighted by Crippen LogP contribution is 2.06. The number of nitrogens with two attached hydrogens (primary N) is 1. The van der Waals surface area contributed by atoms with Gasteiger partial charge in [0.05, 0.1) is 19.6 Å². The molecule has 5 N–H and O–H groups in total. The first-order chi connectivity index (χ1) is 21.7. The van der Waals surface area contributed by atoms with Gasteiger partial charge in [-0.25, -0.2) is 0 Å². The van der Waals surface area contributed by atoms with E-state index in [1.165, 1.54) is 0 Å². The number of nitrogens with zero attached hydrogens (tertiary/aromatic N) is 3. The maximum absolute atomic E-state index is 11.9. The molecule has 0 bridgehead atoms. The third kappa shape index (κ3) is 31.3. The Morgan fingerprint density at radius 1 is 0.553 bits per heavy atom. The third-order valence-electron chi connectivity index (χ3n) is 7.50. The van der Waals surface area contributed by atoms with Crippen LogP contribution < -0.4 is 21.7 Å². The van der Waals surface area contributed by atoms with Crippen molar-refractivity contribution < 1.29 is 14.4 Å². The highest BCUT2D eigenvalue weighted by atomic mass is 16.2. The fourth-order valence-corrected chi connectivity index (χ4v) is 4.44. The number of rotatable bonds is 21. The molecule has 1 unspecified atom stereocenters. The lowest BCUT2D eigenvalue weighted by molar-refractivity contribution is -0.124. The zero-order chi connectivity index (χ0) is 37.3. The fraction of sp³-hybridized carbons (Fsp3) is 0.919. The SMILES string of the molecule is CC(C)CN(CC(=O)NC(C)C(C)C)C(C)C.CC(C)CN(CC(=O)NCCCN)C(C)C.CCNC(=O)CN(CC(C)C)C(C)C. The van der Waals surface area contributed by atoms with Gasteiger partial charge in [0.2, 0.25) is 17.7 Å². The number of hydrogen-bond donors (Lipinski definition) is 4. The first kappa shape index (κ1) is 49.6. The van der Waals surface area contributed by atoms with Gasteiger partial charge in [0, 0.05) is 56.9 Å². The van der Waals surface area contributed by atoms with Gasteiger partial charge in [-0.3, -0.25) is 29.1 Å². The van der Waals surface area contributed by atoms with E-state index >= 15 is 0 Å². The van der Waals surface area contributed by atoms with Gasteiger partial charge < -0.3 is 21.7 Å². The molecule has 10 nitrogen and oxygen atoms in total. The van der Waals surface area contributed by atoms with Gasteiger partial charge in [0.25, 0.3) is 0 Å². The molecule has 1 atom stereocenters. The molecule has 0 aromatic rings. The molecular weight excluding hydrogens is 590 g/mol. The van der Waals surface area contributed by atoms with Crippen LogP contribution in [-0.2, 0) is 14.4 Å². The maximum Gasteiger partial charge on any atom is 0.234 e. The lowest BCUT2D eigenvalue weighted by Gasteiger charge is -2.28. The number of amides is 3. The summed E-state index contributed by atoms with van der Waals surface area (Å²) in [6, 6.07) is 1.50. The summed E-state index contributed by atoms with van der Waals surface area (Å²) in [6.45, 7) is 40.5. The van der Waals surface area contributed by atoms with E-state index < -0.39 is 0 Å². The Bertz CT molecular complexity index is 786. The number of likely N-dealkylation sites (N-methyl/N-ethyl adjacent to an activating group) is 1. The molecule has 0 rings (SSSR count). The van der Waals surface area contributed by atoms with Crippen LogP contribution in [-0.4, -0.2) is 115 Å². The molecule has 282 valence electrons. The quantitative estimate of drug-likeness (QED) is 0.129. The lowest BCUT2D eigenvalue weighted by atomic mass is 10.1. The molecule has 0 aliphatic rings. The Labute approximate surface area is 292 Å². The number of carbonyl (C=O) groups excluding carboxylic acids is 3. The average Bonchev–Trinajstić information content (AvgIpc) is 2.92. The second kappa shape index (κ2) is 29.2. The fourth-order valence-electron chi connectivity index (χ4n) is 4.44. The predicted octanol–water partition coefficient (Wildman–Crippen LogP) is 4.82. The van der Waals surface area contributed by atoms with Crippen molar-refractivity contribution >= 4 is 17.7 Å². The van der Waals surface area contributed by atoms with Gasteiger partial charge in [-0.05, 0) is 92.0 Å². The van der Waals surface area contributed by atoms with Gasteiger partial charge in [-0.1, -0.05) is 55.4 Å². The summed E-state index contributed by atoms with van der Waals surface area (Å²) in [7, 11) is 0. The van der Waals surface area contributed by atoms with Crippen LogP contribution in [0.5, 0.6) is 0 Å². The van der Waals surface area contributed by atoms with Crippen LogP contribution in [0.4, 0.5) is 0 Å². The third-order valence-corrected chi connectivity index (χ3v) is 7.50. The van der Waals surface area contributed by atoms with Crippen molar-refractivity contribution in [1.29, 1.82) is 0 Å². The van der Waals surface area contributed by atoms with E-state index in [1.54, 1.807) is 0 Å². The molecule has 0 radical (unpaired) electrons. The van der Waals surface area contributed by atoms with Crippen molar-refractivity contribution in [2.45, 2.75) is 141 Å². The van der Waals surface area contributed by atoms with Crippen LogP contribution in [0.15, 0.2) is 0 Å². The van der Waals surface area contributed by atoms with Gasteiger partial charge in [-0.15, -0.1) is 0 Å². The van der Waals surface area contributed by atoms with E-state index in [1.807, 2.05) is 6.92 Å². The van der Waals surface area contributed by atoms with Crippen LogP contribution in [0.25, 0.3) is 0 Å². The van der Waals surface area contributed by atoms with Crippen LogP contribution in [0.1, 0.15) is 117 Å². The average molecular weight is 672 g/mol. The molecule has 0 aromatic carbocycles. The Hall–Kier alpha value is -1.75. The summed E-state index contributed by atoms with van der Waals surface area (Å²) < 4.78 is 0. The second-order valence-electron chi connectivity index (χ2n) is 15.3. The van der Waals surface area contributed by atoms with E-state index in [2.05, 4.69) is 135 Å². The summed E-state index contributed by atoms with van der Waals surface area (Å²) in [6.07, 6.45) is 0.845. The van der Waals surface area contributed by atoms with Gasteiger partial charge >= 0.3 is 0 Å². The molecule has 0 saturated carbocycles. The predicted molar refractivity (Wildman–Crippen MR) is 202 cm³/mol. The summed E-state index contributed by atoms with van der Waals surface area (Å²) >= 11 is 0. The van der Waals surface area contributed by atoms with Gasteiger partial charge in [0.15, 0.2) is 0 Å². The molecule has 0 fully saturated rings. The number of nitrogens with one attached hydrogen (secondary N) is 3. The molecule has 0 aliphatic carbocycles. The monoisotopic (exact) mass is 672 g/mol. The molecule has 0 heterocycles. The molecule has 10 heteroatoms. The van der Waals surface area contributed by atoms with Crippen LogP contribution in [0.3, 0.4) is 0 Å². The van der Waals surface area contributed by atoms with Crippen molar-refractivity contribution in [3.63, 3.8) is 0 Å². The smallest absolute Gasteiger partial charge is 0.234 e. The van der Waals surface area contributed by atoms with Crippen LogP contribution in [0, 0.1) is 23.7 Å². The van der Waals surface area contributed by atoms with Gasteiger partial charge in [0.1, 0.15) is 0 Å². The molecule has 3 amide bonds. The normalized spacial score (nSPS) is 12.3. The zero-order valence-corrected chi connectivity index (χ0v) is 33.8. The van der Waals surface area contributed by atoms with E-state index in [4.69, 9.17) is 5.73 Å². The van der Waals surface area contributed by atoms with E-state index in [-0.39, 0.29) is 23.8 Å². The molecular formula is C37H81N7O3. The van der Waals surface area contributed by atoms with Gasteiger partial charge in [-0.2, -0.15) is 0 Å². The Morgan fingerprint density at radius 3 is 1.17 bits per heavy atom. The standard InChI is InChI=1S/C14H30N2O.C12H27N3O.C11H24N2O/c1-10(2)8-16(12(5)6)9-14(17)15-13(7)11(3)4;1-10(2)8-15(11(3)4)9-12(16)14-7-5-6-13;1-6-12-11(14)8-13(10(4)5)7-9(2)3/h10-13H,8-9H2,1-7H3,(H,15,17);10-11H,5-9,13H2,1-4H3,(H,14,16);9-10H,6-8H2,1-5H3,(H,12,14). The second-order valence-corrected chi connectivity index (χ2v) is 15.3. The molecule has 0 spiro atoms. The van der Waals surface area contributed by atoms with Crippen molar-refractivity contribution in [1.82, 2.24) is 30.7 Å². The minimum atomic E-state index is 0.0998. The summed E-state index contributed by atoms with van der Waals surface area (Å²) in [4.78, 5) is 41.5. The highest BCUT2D eigenvalue weighted by Gasteiger charge is 2.18. The van der Waals surface area contributed by atoms with E-state index in [9.17, 15) is 14.4 Å². The van der Waals surface area contributed by atoms with E-state index in [0.717, 1.165) is 26.1 Å². The first-order valence-corrected chi connectivity index (χ1v) is 18.4. The van der Waals surface area contributed by atoms with E-state index in [0.29, 0.717) is 81.1 Å². The number of hydrogen-bond acceptors (Lipinski definition) is 7. The molecule has 0 aromatic heterocycles. The van der Waals surface area contributed by atoms with Crippen LogP contribution in [0.2, 0.25) is 0 Å². The Balaban J connectivity index is -0.000000621. The maximum atomic E-state index is 11.9. The zero-order valence-electron chi connectivity index (χ0n) is 33.8. The Morgan fingerprint density at radius 2 is 0.894 bits per heavy atom. The van der Waals surface area contributed by atoms with Crippen molar-refractivity contribution in [2.24, 2.45) is 29.4 Å². The Kier molecular flexibility index (Phi) is 30.8. The molecule has 0 aliphatic heterocycles. The van der Waals surface area contributed by atoms with Crippen molar-refractivity contribution in [3.05, 3.63) is 0 Å². The molecule has 0 saturated heterocycles. The van der Waals surface area contributed by atoms with Crippen LogP contribution >= 0.6 is 0 Å². The van der Waals surface area contributed by atoms with Crippen molar-refractivity contribution in [3.8, 4) is 0 Å². The summed E-state index contributed by atoms with van der Waals surface area (Å²) in [5.41, 5.74) is 5.37. The topological polar surface area (TPSA) is 123 Å². The minimum Gasteiger partial charge on any atom is -0.355 e. The lowest BCUT2D eigenvalue weighted by Crippen LogP contribution is -2.45. The molecule has 47 heavy (non-hydrogen) atoms. The minimum absolute atomic E-state index is 0.0998.